The second-order valence-corrected chi connectivity index (χ2v) is 5.07. The number of benzene rings is 2. The lowest BCUT2D eigenvalue weighted by Crippen LogP contribution is -2.20. The molecule has 26 heavy (non-hydrogen) atoms. The Labute approximate surface area is 149 Å². The van der Waals surface area contributed by atoms with Gasteiger partial charge in [0, 0.05) is 23.9 Å². The van der Waals surface area contributed by atoms with E-state index in [1.165, 1.54) is 37.5 Å². The van der Waals surface area contributed by atoms with Crippen molar-refractivity contribution < 1.29 is 24.0 Å². The van der Waals surface area contributed by atoms with Gasteiger partial charge in [0.25, 0.3) is 11.6 Å². The van der Waals surface area contributed by atoms with Crippen molar-refractivity contribution in [3.05, 3.63) is 70.3 Å². The number of rotatable bonds is 7. The Morgan fingerprint density at radius 2 is 1.77 bits per heavy atom. The Morgan fingerprint density at radius 3 is 2.35 bits per heavy atom. The Hall–Kier alpha value is -3.68. The van der Waals surface area contributed by atoms with Crippen molar-refractivity contribution in [3.8, 4) is 5.75 Å². The van der Waals surface area contributed by atoms with E-state index in [0.29, 0.717) is 17.0 Å². The normalized spacial score (nSPS) is 10.3. The molecule has 0 saturated heterocycles. The molecule has 0 aliphatic rings. The van der Waals surface area contributed by atoms with Crippen LogP contribution in [0.1, 0.15) is 5.56 Å². The summed E-state index contributed by atoms with van der Waals surface area (Å²) in [4.78, 5) is 33.4. The molecule has 1 amide bonds. The highest BCUT2D eigenvalue weighted by atomic mass is 16.6. The average Bonchev–Trinajstić information content (AvgIpc) is 2.65. The molecule has 2 aromatic carbocycles. The molecule has 0 saturated carbocycles. The first-order valence-corrected chi connectivity index (χ1v) is 7.51. The summed E-state index contributed by atoms with van der Waals surface area (Å²) in [6, 6.07) is 12.3. The highest BCUT2D eigenvalue weighted by Gasteiger charge is 2.06. The predicted molar refractivity (Wildman–Crippen MR) is 94.7 cm³/mol. The van der Waals surface area contributed by atoms with Crippen LogP contribution in [-0.2, 0) is 14.3 Å². The molecule has 8 nitrogen and oxygen atoms in total. The number of nitro groups is 1. The van der Waals surface area contributed by atoms with Gasteiger partial charge in [-0.25, -0.2) is 4.79 Å². The van der Waals surface area contributed by atoms with Crippen LogP contribution in [0.5, 0.6) is 5.75 Å². The number of carbonyl (C=O) groups is 2. The summed E-state index contributed by atoms with van der Waals surface area (Å²) in [6.07, 6.45) is 2.58. The molecule has 0 bridgehead atoms. The molecule has 0 fully saturated rings. The molecule has 0 heterocycles. The Bertz CT molecular complexity index is 813. The molecule has 8 heteroatoms. The van der Waals surface area contributed by atoms with Gasteiger partial charge in [-0.15, -0.1) is 0 Å². The molecule has 0 atom stereocenters. The minimum Gasteiger partial charge on any atom is -0.497 e. The fourth-order valence-corrected chi connectivity index (χ4v) is 1.93. The smallest absolute Gasteiger partial charge is 0.331 e. The van der Waals surface area contributed by atoms with E-state index in [2.05, 4.69) is 5.32 Å². The van der Waals surface area contributed by atoms with Crippen molar-refractivity contribution in [2.24, 2.45) is 0 Å². The third kappa shape index (κ3) is 5.75. The van der Waals surface area contributed by atoms with E-state index in [0.717, 1.165) is 6.08 Å². The summed E-state index contributed by atoms with van der Waals surface area (Å²) in [6.45, 7) is -0.435. The predicted octanol–water partition coefficient (Wildman–Crippen LogP) is 2.80. The van der Waals surface area contributed by atoms with Gasteiger partial charge < -0.3 is 14.8 Å². The Balaban J connectivity index is 1.79. The maximum absolute atomic E-state index is 11.7. The molecule has 2 aromatic rings. The third-order valence-corrected chi connectivity index (χ3v) is 3.24. The molecule has 2 rings (SSSR count). The zero-order chi connectivity index (χ0) is 18.9. The van der Waals surface area contributed by atoms with Crippen molar-refractivity contribution in [1.29, 1.82) is 0 Å². The van der Waals surface area contributed by atoms with Gasteiger partial charge in [-0.3, -0.25) is 14.9 Å². The fraction of sp³-hybridized carbons (Fsp3) is 0.111. The van der Waals surface area contributed by atoms with Crippen LogP contribution in [-0.4, -0.2) is 30.5 Å². The quantitative estimate of drug-likeness (QED) is 0.354. The molecule has 0 radical (unpaired) electrons. The molecule has 134 valence electrons. The number of nitrogens with one attached hydrogen (secondary N) is 1. The lowest BCUT2D eigenvalue weighted by atomic mass is 10.2. The number of esters is 1. The fourth-order valence-electron chi connectivity index (χ4n) is 1.93. The first kappa shape index (κ1) is 18.7. The van der Waals surface area contributed by atoms with Crippen LogP contribution >= 0.6 is 0 Å². The summed E-state index contributed by atoms with van der Waals surface area (Å²) in [7, 11) is 1.54. The summed E-state index contributed by atoms with van der Waals surface area (Å²) in [5.74, 6) is -0.522. The number of carbonyl (C=O) groups excluding carboxylic acids is 2. The molecule has 0 aliphatic carbocycles. The highest BCUT2D eigenvalue weighted by Crippen LogP contribution is 2.15. The number of methoxy groups -OCH3 is 1. The van der Waals surface area contributed by atoms with Gasteiger partial charge in [-0.2, -0.15) is 0 Å². The standard InChI is InChI=1S/C18H16N2O6/c1-25-16-9-5-14(6-10-16)19-17(21)12-26-18(22)11-4-13-2-7-15(8-3-13)20(23)24/h2-11H,12H2,1H3,(H,19,21)/b11-4+. The van der Waals surface area contributed by atoms with Gasteiger partial charge in [0.05, 0.1) is 12.0 Å². The number of nitro benzene ring substituents is 1. The molecule has 0 aromatic heterocycles. The molecular weight excluding hydrogens is 340 g/mol. The van der Waals surface area contributed by atoms with E-state index >= 15 is 0 Å². The van der Waals surface area contributed by atoms with E-state index in [1.807, 2.05) is 0 Å². The number of amides is 1. The van der Waals surface area contributed by atoms with Crippen molar-refractivity contribution >= 4 is 29.3 Å². The summed E-state index contributed by atoms with van der Waals surface area (Å²) in [5, 5.41) is 13.1. The van der Waals surface area contributed by atoms with E-state index in [9.17, 15) is 19.7 Å². The largest absolute Gasteiger partial charge is 0.497 e. The number of nitrogens with zero attached hydrogens (tertiary/aromatic N) is 1. The zero-order valence-electron chi connectivity index (χ0n) is 13.9. The van der Waals surface area contributed by atoms with Crippen LogP contribution in [0.3, 0.4) is 0 Å². The monoisotopic (exact) mass is 356 g/mol. The number of ether oxygens (including phenoxy) is 2. The second kappa shape index (κ2) is 8.97. The lowest BCUT2D eigenvalue weighted by molar-refractivity contribution is -0.384. The number of non-ortho nitro benzene ring substituents is 1. The van der Waals surface area contributed by atoms with E-state index in [1.54, 1.807) is 24.3 Å². The van der Waals surface area contributed by atoms with Gasteiger partial charge in [0.1, 0.15) is 5.75 Å². The van der Waals surface area contributed by atoms with Gasteiger partial charge in [0.2, 0.25) is 0 Å². The van der Waals surface area contributed by atoms with Crippen molar-refractivity contribution in [2.75, 3.05) is 19.0 Å². The average molecular weight is 356 g/mol. The summed E-state index contributed by atoms with van der Waals surface area (Å²) >= 11 is 0. The summed E-state index contributed by atoms with van der Waals surface area (Å²) in [5.41, 5.74) is 1.10. The molecule has 0 aliphatic heterocycles. The number of hydrogen-bond donors (Lipinski definition) is 1. The highest BCUT2D eigenvalue weighted by molar-refractivity contribution is 5.94. The van der Waals surface area contributed by atoms with Crippen LogP contribution < -0.4 is 10.1 Å². The van der Waals surface area contributed by atoms with Crippen molar-refractivity contribution in [1.82, 2.24) is 0 Å². The molecular formula is C18H16N2O6. The topological polar surface area (TPSA) is 108 Å². The maximum Gasteiger partial charge on any atom is 0.331 e. The SMILES string of the molecule is COc1ccc(NC(=O)COC(=O)/C=C/c2ccc([N+](=O)[O-])cc2)cc1. The zero-order valence-corrected chi connectivity index (χ0v) is 13.9. The van der Waals surface area contributed by atoms with Crippen LogP contribution in [0.4, 0.5) is 11.4 Å². The first-order chi connectivity index (χ1) is 12.5. The van der Waals surface area contributed by atoms with E-state index in [4.69, 9.17) is 9.47 Å². The molecule has 1 N–H and O–H groups in total. The molecule has 0 unspecified atom stereocenters. The van der Waals surface area contributed by atoms with Crippen LogP contribution in [0.25, 0.3) is 6.08 Å². The Morgan fingerprint density at radius 1 is 1.12 bits per heavy atom. The number of hydrogen-bond acceptors (Lipinski definition) is 6. The Kier molecular flexibility index (Phi) is 6.44. The summed E-state index contributed by atoms with van der Waals surface area (Å²) < 4.78 is 9.85. The first-order valence-electron chi connectivity index (χ1n) is 7.51. The minimum absolute atomic E-state index is 0.0417. The van der Waals surface area contributed by atoms with Gasteiger partial charge in [-0.05, 0) is 48.0 Å². The van der Waals surface area contributed by atoms with Gasteiger partial charge in [0.15, 0.2) is 6.61 Å². The molecule has 0 spiro atoms. The second-order valence-electron chi connectivity index (χ2n) is 5.07. The van der Waals surface area contributed by atoms with Crippen LogP contribution in [0.15, 0.2) is 54.6 Å². The van der Waals surface area contributed by atoms with E-state index in [-0.39, 0.29) is 5.69 Å². The minimum atomic E-state index is -0.701. The lowest BCUT2D eigenvalue weighted by Gasteiger charge is -2.06. The van der Waals surface area contributed by atoms with Crippen molar-refractivity contribution in [2.45, 2.75) is 0 Å². The van der Waals surface area contributed by atoms with Gasteiger partial charge >= 0.3 is 5.97 Å². The van der Waals surface area contributed by atoms with Crippen LogP contribution in [0.2, 0.25) is 0 Å². The number of anilines is 1. The van der Waals surface area contributed by atoms with Crippen LogP contribution in [0, 0.1) is 10.1 Å². The van der Waals surface area contributed by atoms with Crippen molar-refractivity contribution in [3.63, 3.8) is 0 Å². The maximum atomic E-state index is 11.7. The van der Waals surface area contributed by atoms with Gasteiger partial charge in [-0.1, -0.05) is 0 Å². The van der Waals surface area contributed by atoms with E-state index < -0.39 is 23.4 Å². The third-order valence-electron chi connectivity index (χ3n) is 3.24.